The van der Waals surface area contributed by atoms with Crippen LogP contribution in [0.3, 0.4) is 0 Å². The van der Waals surface area contributed by atoms with E-state index in [4.69, 9.17) is 9.26 Å². The van der Waals surface area contributed by atoms with Gasteiger partial charge in [-0.3, -0.25) is 0 Å². The molecule has 0 amide bonds. The first-order valence-corrected chi connectivity index (χ1v) is 8.12. The summed E-state index contributed by atoms with van der Waals surface area (Å²) in [5.74, 6) is 1.63. The molecule has 0 aliphatic carbocycles. The van der Waals surface area contributed by atoms with Crippen LogP contribution in [0.15, 0.2) is 22.7 Å². The average Bonchev–Trinajstić information content (AvgIpc) is 2.98. The Labute approximate surface area is 131 Å². The van der Waals surface area contributed by atoms with Crippen molar-refractivity contribution < 1.29 is 9.26 Å². The molecule has 0 bridgehead atoms. The molecule has 2 aromatic rings. The maximum atomic E-state index is 5.62. The maximum Gasteiger partial charge on any atom is 0.178 e. The molecule has 1 aromatic heterocycles. The van der Waals surface area contributed by atoms with E-state index in [2.05, 4.69) is 16.5 Å². The Bertz CT molecular complexity index is 654. The van der Waals surface area contributed by atoms with Gasteiger partial charge in [-0.05, 0) is 63.7 Å². The quantitative estimate of drug-likeness (QED) is 0.912. The Balaban J connectivity index is 1.83. The van der Waals surface area contributed by atoms with Gasteiger partial charge in [0.05, 0.1) is 18.4 Å². The van der Waals surface area contributed by atoms with E-state index in [0.717, 1.165) is 53.4 Å². The zero-order valence-electron chi connectivity index (χ0n) is 13.4. The van der Waals surface area contributed by atoms with Crippen LogP contribution in [-0.4, -0.2) is 25.4 Å². The van der Waals surface area contributed by atoms with Crippen LogP contribution >= 0.6 is 0 Å². The van der Waals surface area contributed by atoms with Crippen molar-refractivity contribution in [3.63, 3.8) is 0 Å². The number of hydrogen-bond acceptors (Lipinski definition) is 4. The van der Waals surface area contributed by atoms with Gasteiger partial charge in [0.15, 0.2) is 5.58 Å². The number of fused-ring (bicyclic) bond motifs is 1. The fraction of sp³-hybridized carbons (Fsp3) is 0.500. The molecule has 1 fully saturated rings. The summed E-state index contributed by atoms with van der Waals surface area (Å²) in [5, 5.41) is 8.85. The molecule has 0 spiro atoms. The topological polar surface area (TPSA) is 47.3 Å². The number of benzene rings is 1. The van der Waals surface area contributed by atoms with Crippen LogP contribution in [0, 0.1) is 5.92 Å². The molecule has 22 heavy (non-hydrogen) atoms. The van der Waals surface area contributed by atoms with Gasteiger partial charge < -0.3 is 14.6 Å². The van der Waals surface area contributed by atoms with E-state index in [-0.39, 0.29) is 0 Å². The van der Waals surface area contributed by atoms with Crippen LogP contribution in [-0.2, 0) is 6.42 Å². The molecule has 0 unspecified atom stereocenters. The number of rotatable bonds is 5. The summed E-state index contributed by atoms with van der Waals surface area (Å²) in [6.07, 6.45) is 8.73. The molecule has 0 atom stereocenters. The summed E-state index contributed by atoms with van der Waals surface area (Å²) in [6, 6.07) is 4.07. The number of hydrogen-bond donors (Lipinski definition) is 1. The Morgan fingerprint density at radius 2 is 2.18 bits per heavy atom. The van der Waals surface area contributed by atoms with Gasteiger partial charge in [-0.1, -0.05) is 17.3 Å². The molecule has 1 aliphatic rings. The minimum Gasteiger partial charge on any atom is -0.496 e. The largest absolute Gasteiger partial charge is 0.496 e. The molecule has 1 N–H and O–H groups in total. The molecular formula is C18H24N2O2. The van der Waals surface area contributed by atoms with Crippen molar-refractivity contribution in [2.75, 3.05) is 20.2 Å². The first-order valence-electron chi connectivity index (χ1n) is 8.12. The zero-order chi connectivity index (χ0) is 15.4. The summed E-state index contributed by atoms with van der Waals surface area (Å²) in [6.45, 7) is 4.28. The molecule has 1 saturated heterocycles. The fourth-order valence-electron chi connectivity index (χ4n) is 3.25. The van der Waals surface area contributed by atoms with Crippen LogP contribution in [0.1, 0.15) is 37.4 Å². The van der Waals surface area contributed by atoms with E-state index in [0.29, 0.717) is 0 Å². The summed E-state index contributed by atoms with van der Waals surface area (Å²) in [4.78, 5) is 0. The zero-order valence-corrected chi connectivity index (χ0v) is 13.4. The minimum absolute atomic E-state index is 0.807. The molecule has 3 rings (SSSR count). The second kappa shape index (κ2) is 6.97. The summed E-state index contributed by atoms with van der Waals surface area (Å²) >= 11 is 0. The fourth-order valence-corrected chi connectivity index (χ4v) is 3.25. The molecule has 1 aromatic carbocycles. The lowest BCUT2D eigenvalue weighted by molar-refractivity contribution is 0.350. The monoisotopic (exact) mass is 300 g/mol. The molecule has 0 saturated carbocycles. The summed E-state index contributed by atoms with van der Waals surface area (Å²) in [5.41, 5.74) is 2.88. The summed E-state index contributed by atoms with van der Waals surface area (Å²) < 4.78 is 11.0. The van der Waals surface area contributed by atoms with Crippen LogP contribution < -0.4 is 10.1 Å². The van der Waals surface area contributed by atoms with Crippen molar-refractivity contribution in [1.82, 2.24) is 10.5 Å². The van der Waals surface area contributed by atoms with Crippen molar-refractivity contribution in [2.24, 2.45) is 5.92 Å². The van der Waals surface area contributed by atoms with Crippen LogP contribution in [0.2, 0.25) is 0 Å². The number of piperidine rings is 1. The van der Waals surface area contributed by atoms with E-state index in [1.165, 1.54) is 19.3 Å². The first kappa shape index (κ1) is 15.1. The normalized spacial score (nSPS) is 16.6. The van der Waals surface area contributed by atoms with E-state index >= 15 is 0 Å². The Morgan fingerprint density at radius 3 is 2.91 bits per heavy atom. The Hall–Kier alpha value is -1.81. The van der Waals surface area contributed by atoms with E-state index in [1.807, 2.05) is 25.1 Å². The second-order valence-electron chi connectivity index (χ2n) is 5.92. The van der Waals surface area contributed by atoms with Gasteiger partial charge in [0.1, 0.15) is 5.75 Å². The van der Waals surface area contributed by atoms with Gasteiger partial charge in [0.25, 0.3) is 0 Å². The molecule has 4 nitrogen and oxygen atoms in total. The van der Waals surface area contributed by atoms with Crippen molar-refractivity contribution in [1.29, 1.82) is 0 Å². The van der Waals surface area contributed by atoms with Crippen molar-refractivity contribution in [3.8, 4) is 5.75 Å². The third kappa shape index (κ3) is 3.02. The average molecular weight is 300 g/mol. The van der Waals surface area contributed by atoms with E-state index in [1.54, 1.807) is 7.11 Å². The van der Waals surface area contributed by atoms with Gasteiger partial charge >= 0.3 is 0 Å². The van der Waals surface area contributed by atoms with Crippen LogP contribution in [0.4, 0.5) is 0 Å². The van der Waals surface area contributed by atoms with Gasteiger partial charge in [-0.2, -0.15) is 0 Å². The van der Waals surface area contributed by atoms with Crippen molar-refractivity contribution in [3.05, 3.63) is 29.5 Å². The lowest BCUT2D eigenvalue weighted by Crippen LogP contribution is -2.27. The Morgan fingerprint density at radius 1 is 1.36 bits per heavy atom. The van der Waals surface area contributed by atoms with Gasteiger partial charge in [0, 0.05) is 5.39 Å². The number of nitrogens with one attached hydrogen (secondary N) is 1. The minimum atomic E-state index is 0.807. The van der Waals surface area contributed by atoms with Gasteiger partial charge in [-0.15, -0.1) is 0 Å². The predicted octanol–water partition coefficient (Wildman–Crippen LogP) is 3.80. The molecule has 1 aliphatic heterocycles. The van der Waals surface area contributed by atoms with E-state index < -0.39 is 0 Å². The van der Waals surface area contributed by atoms with Crippen LogP contribution in [0.5, 0.6) is 5.75 Å². The molecule has 4 heteroatoms. The second-order valence-corrected chi connectivity index (χ2v) is 5.92. The van der Waals surface area contributed by atoms with E-state index in [9.17, 15) is 0 Å². The van der Waals surface area contributed by atoms with Crippen molar-refractivity contribution >= 4 is 17.0 Å². The Kier molecular flexibility index (Phi) is 4.78. The number of allylic oxidation sites excluding steroid dienone is 1. The summed E-state index contributed by atoms with van der Waals surface area (Å²) in [7, 11) is 1.68. The SMILES string of the molecule is CC=Cc1c(OC)ccc2c(CCC3CCNCC3)noc12. The molecular weight excluding hydrogens is 276 g/mol. The number of methoxy groups -OCH3 is 1. The lowest BCUT2D eigenvalue weighted by Gasteiger charge is -2.21. The number of aromatic nitrogens is 1. The third-order valence-corrected chi connectivity index (χ3v) is 4.52. The maximum absolute atomic E-state index is 5.62. The first-order chi connectivity index (χ1) is 10.8. The standard InChI is InChI=1S/C18H24N2O2/c1-3-4-15-17(21-2)8-6-14-16(20-22-18(14)15)7-5-13-9-11-19-12-10-13/h3-4,6,8,13,19H,5,7,9-12H2,1-2H3. The lowest BCUT2D eigenvalue weighted by atomic mass is 9.92. The van der Waals surface area contributed by atoms with Crippen LogP contribution in [0.25, 0.3) is 17.0 Å². The highest BCUT2D eigenvalue weighted by molar-refractivity contribution is 5.90. The van der Waals surface area contributed by atoms with Gasteiger partial charge in [-0.25, -0.2) is 0 Å². The third-order valence-electron chi connectivity index (χ3n) is 4.52. The number of aryl methyl sites for hydroxylation is 1. The smallest absolute Gasteiger partial charge is 0.178 e. The predicted molar refractivity (Wildman–Crippen MR) is 89.2 cm³/mol. The highest BCUT2D eigenvalue weighted by atomic mass is 16.5. The number of nitrogens with zero attached hydrogens (tertiary/aromatic N) is 1. The molecule has 118 valence electrons. The van der Waals surface area contributed by atoms with Gasteiger partial charge in [0.2, 0.25) is 0 Å². The molecule has 0 radical (unpaired) electrons. The highest BCUT2D eigenvalue weighted by Gasteiger charge is 2.17. The molecule has 2 heterocycles. The van der Waals surface area contributed by atoms with Crippen molar-refractivity contribution in [2.45, 2.75) is 32.6 Å². The highest BCUT2D eigenvalue weighted by Crippen LogP contribution is 2.32. The number of ether oxygens (including phenoxy) is 1.